The van der Waals surface area contributed by atoms with E-state index < -0.39 is 0 Å². The standard InChI is InChI=1S/C23H28O6/c1-17-6-7-20-21(16-17)23(29-15-13-27-11-9-25)19-5-3-2-4-18(19)22(20)28-14-12-26-10-8-24/h2-7,16,24-25H,8-15H2,1H3. The van der Waals surface area contributed by atoms with Crippen LogP contribution in [0.15, 0.2) is 42.5 Å². The van der Waals surface area contributed by atoms with Gasteiger partial charge in [0.1, 0.15) is 24.7 Å². The van der Waals surface area contributed by atoms with Crippen molar-refractivity contribution in [3.05, 3.63) is 48.0 Å². The second kappa shape index (κ2) is 11.0. The molecule has 0 heterocycles. The van der Waals surface area contributed by atoms with Crippen LogP contribution in [-0.2, 0) is 9.47 Å². The molecule has 0 amide bonds. The van der Waals surface area contributed by atoms with Crippen LogP contribution in [0.5, 0.6) is 11.5 Å². The number of hydrogen-bond acceptors (Lipinski definition) is 6. The van der Waals surface area contributed by atoms with Gasteiger partial charge >= 0.3 is 0 Å². The van der Waals surface area contributed by atoms with E-state index in [0.29, 0.717) is 39.6 Å². The molecule has 0 saturated heterocycles. The normalized spacial score (nSPS) is 11.3. The molecular weight excluding hydrogens is 372 g/mol. The van der Waals surface area contributed by atoms with Crippen molar-refractivity contribution in [3.63, 3.8) is 0 Å². The maximum Gasteiger partial charge on any atom is 0.135 e. The quantitative estimate of drug-likeness (QED) is 0.359. The number of aliphatic hydroxyl groups excluding tert-OH is 2. The van der Waals surface area contributed by atoms with Crippen molar-refractivity contribution in [2.75, 3.05) is 52.9 Å². The van der Waals surface area contributed by atoms with E-state index >= 15 is 0 Å². The third kappa shape index (κ3) is 5.36. The predicted octanol–water partition coefficient (Wildman–Crippen LogP) is 3.08. The molecule has 6 heteroatoms. The topological polar surface area (TPSA) is 77.4 Å². The number of ether oxygens (including phenoxy) is 4. The summed E-state index contributed by atoms with van der Waals surface area (Å²) in [7, 11) is 0. The Morgan fingerprint density at radius 2 is 1.14 bits per heavy atom. The van der Waals surface area contributed by atoms with Gasteiger partial charge < -0.3 is 29.2 Å². The molecule has 0 bridgehead atoms. The average molecular weight is 400 g/mol. The first-order valence-corrected chi connectivity index (χ1v) is 9.84. The van der Waals surface area contributed by atoms with E-state index in [-0.39, 0.29) is 13.2 Å². The number of hydrogen-bond donors (Lipinski definition) is 2. The van der Waals surface area contributed by atoms with Gasteiger partial charge in [-0.05, 0) is 13.0 Å². The summed E-state index contributed by atoms with van der Waals surface area (Å²) < 4.78 is 22.9. The van der Waals surface area contributed by atoms with Crippen LogP contribution in [0.3, 0.4) is 0 Å². The Balaban J connectivity index is 1.96. The highest BCUT2D eigenvalue weighted by atomic mass is 16.5. The third-order valence-electron chi connectivity index (χ3n) is 4.50. The van der Waals surface area contributed by atoms with Gasteiger partial charge in [-0.15, -0.1) is 0 Å². The zero-order chi connectivity index (χ0) is 20.5. The van der Waals surface area contributed by atoms with Crippen molar-refractivity contribution in [3.8, 4) is 11.5 Å². The van der Waals surface area contributed by atoms with Gasteiger partial charge in [-0.2, -0.15) is 0 Å². The number of aryl methyl sites for hydroxylation is 1. The summed E-state index contributed by atoms with van der Waals surface area (Å²) in [6.07, 6.45) is 0. The minimum atomic E-state index is -0.000882. The number of fused-ring (bicyclic) bond motifs is 2. The summed E-state index contributed by atoms with van der Waals surface area (Å²) >= 11 is 0. The maximum atomic E-state index is 8.84. The summed E-state index contributed by atoms with van der Waals surface area (Å²) in [6, 6.07) is 14.2. The molecule has 0 unspecified atom stereocenters. The van der Waals surface area contributed by atoms with E-state index in [1.807, 2.05) is 31.2 Å². The molecule has 29 heavy (non-hydrogen) atoms. The van der Waals surface area contributed by atoms with Crippen LogP contribution < -0.4 is 9.47 Å². The molecule has 3 aromatic rings. The summed E-state index contributed by atoms with van der Waals surface area (Å²) in [5.74, 6) is 1.60. The Hall–Kier alpha value is -2.38. The SMILES string of the molecule is Cc1ccc2c(OCCOCCO)c3ccccc3c(OCCOCCO)c2c1. The molecule has 3 aromatic carbocycles. The molecule has 156 valence electrons. The molecular formula is C23H28O6. The second-order valence-corrected chi connectivity index (χ2v) is 6.62. The van der Waals surface area contributed by atoms with Gasteiger partial charge in [0, 0.05) is 21.5 Å². The fourth-order valence-corrected chi connectivity index (χ4v) is 3.26. The van der Waals surface area contributed by atoms with Crippen molar-refractivity contribution >= 4 is 21.5 Å². The summed E-state index contributed by atoms with van der Waals surface area (Å²) in [5, 5.41) is 21.6. The van der Waals surface area contributed by atoms with Crippen molar-refractivity contribution in [1.29, 1.82) is 0 Å². The minimum Gasteiger partial charge on any atom is -0.490 e. The Morgan fingerprint density at radius 3 is 1.69 bits per heavy atom. The van der Waals surface area contributed by atoms with Crippen LogP contribution in [0.25, 0.3) is 21.5 Å². The zero-order valence-corrected chi connectivity index (χ0v) is 16.7. The van der Waals surface area contributed by atoms with Crippen LogP contribution in [0.1, 0.15) is 5.56 Å². The highest BCUT2D eigenvalue weighted by Crippen LogP contribution is 2.43. The average Bonchev–Trinajstić information content (AvgIpc) is 2.74. The molecule has 0 saturated carbocycles. The van der Waals surface area contributed by atoms with Crippen LogP contribution in [-0.4, -0.2) is 63.1 Å². The monoisotopic (exact) mass is 400 g/mol. The van der Waals surface area contributed by atoms with Crippen molar-refractivity contribution in [1.82, 2.24) is 0 Å². The second-order valence-electron chi connectivity index (χ2n) is 6.62. The van der Waals surface area contributed by atoms with E-state index in [2.05, 4.69) is 18.2 Å². The summed E-state index contributed by atoms with van der Waals surface area (Å²) in [4.78, 5) is 0. The van der Waals surface area contributed by atoms with Gasteiger partial charge in [-0.25, -0.2) is 0 Å². The van der Waals surface area contributed by atoms with E-state index in [1.165, 1.54) is 0 Å². The molecule has 0 radical (unpaired) electrons. The molecule has 0 aromatic heterocycles. The molecule has 2 N–H and O–H groups in total. The number of benzene rings is 3. The molecule has 6 nitrogen and oxygen atoms in total. The number of rotatable bonds is 12. The molecule has 0 aliphatic heterocycles. The van der Waals surface area contributed by atoms with Crippen LogP contribution in [0.4, 0.5) is 0 Å². The fraction of sp³-hybridized carbons (Fsp3) is 0.391. The van der Waals surface area contributed by atoms with Gasteiger partial charge in [0.25, 0.3) is 0 Å². The van der Waals surface area contributed by atoms with Gasteiger partial charge in [-0.1, -0.05) is 42.0 Å². The summed E-state index contributed by atoms with van der Waals surface area (Å²) in [5.41, 5.74) is 1.13. The molecule has 3 rings (SSSR count). The van der Waals surface area contributed by atoms with Gasteiger partial charge in [-0.3, -0.25) is 0 Å². The maximum absolute atomic E-state index is 8.84. The highest BCUT2D eigenvalue weighted by Gasteiger charge is 2.16. The van der Waals surface area contributed by atoms with Crippen molar-refractivity contribution in [2.45, 2.75) is 6.92 Å². The lowest BCUT2D eigenvalue weighted by atomic mass is 9.99. The predicted molar refractivity (Wildman–Crippen MR) is 113 cm³/mol. The molecule has 0 atom stereocenters. The molecule has 0 fully saturated rings. The Bertz CT molecular complexity index is 924. The van der Waals surface area contributed by atoms with Gasteiger partial charge in [0.2, 0.25) is 0 Å². The Labute approximate surface area is 170 Å². The van der Waals surface area contributed by atoms with Crippen LogP contribution in [0.2, 0.25) is 0 Å². The van der Waals surface area contributed by atoms with Gasteiger partial charge in [0.15, 0.2) is 0 Å². The van der Waals surface area contributed by atoms with Crippen molar-refractivity contribution < 1.29 is 29.2 Å². The zero-order valence-electron chi connectivity index (χ0n) is 16.7. The molecule has 0 aliphatic rings. The fourth-order valence-electron chi connectivity index (χ4n) is 3.26. The van der Waals surface area contributed by atoms with E-state index in [0.717, 1.165) is 38.6 Å². The number of aliphatic hydroxyl groups is 2. The Morgan fingerprint density at radius 1 is 0.621 bits per heavy atom. The van der Waals surface area contributed by atoms with Gasteiger partial charge in [0.05, 0.1) is 39.6 Å². The third-order valence-corrected chi connectivity index (χ3v) is 4.50. The first-order valence-electron chi connectivity index (χ1n) is 9.84. The first kappa shape index (κ1) is 21.3. The molecule has 0 spiro atoms. The molecule has 0 aliphatic carbocycles. The summed E-state index contributed by atoms with van der Waals surface area (Å²) in [6.45, 7) is 4.24. The Kier molecular flexibility index (Phi) is 8.07. The van der Waals surface area contributed by atoms with Crippen molar-refractivity contribution in [2.24, 2.45) is 0 Å². The van der Waals surface area contributed by atoms with Crippen LogP contribution in [0, 0.1) is 6.92 Å². The van der Waals surface area contributed by atoms with E-state index in [9.17, 15) is 0 Å². The lowest BCUT2D eigenvalue weighted by Gasteiger charge is -2.18. The smallest absolute Gasteiger partial charge is 0.135 e. The largest absolute Gasteiger partial charge is 0.490 e. The first-order chi connectivity index (χ1) is 14.3. The van der Waals surface area contributed by atoms with E-state index in [1.54, 1.807) is 0 Å². The highest BCUT2D eigenvalue weighted by molar-refractivity contribution is 6.11. The van der Waals surface area contributed by atoms with Crippen LogP contribution >= 0.6 is 0 Å². The van der Waals surface area contributed by atoms with E-state index in [4.69, 9.17) is 29.2 Å². The minimum absolute atomic E-state index is 0.000801. The lowest BCUT2D eigenvalue weighted by molar-refractivity contribution is 0.0707. The lowest BCUT2D eigenvalue weighted by Crippen LogP contribution is -2.11.